The molecule has 3 aromatic heterocycles. The van der Waals surface area contributed by atoms with Gasteiger partial charge in [-0.1, -0.05) is 138 Å². The molecule has 106 heavy (non-hydrogen) atoms. The van der Waals surface area contributed by atoms with E-state index in [4.69, 9.17) is 15.8 Å². The molecule has 9 aliphatic heterocycles. The summed E-state index contributed by atoms with van der Waals surface area (Å²) in [5, 5.41) is 29.6. The van der Waals surface area contributed by atoms with Crippen molar-refractivity contribution < 1.29 is 16.8 Å². The van der Waals surface area contributed by atoms with Gasteiger partial charge in [0.25, 0.3) is 0 Å². The molecule has 0 aromatic carbocycles. The Morgan fingerprint density at radius 1 is 0.585 bits per heavy atom. The second kappa shape index (κ2) is 46.5. The number of nitrogens with zero attached hydrogens (tertiary/aromatic N) is 12. The summed E-state index contributed by atoms with van der Waals surface area (Å²) in [4.78, 5) is 24.0. The van der Waals surface area contributed by atoms with Crippen LogP contribution in [0.25, 0.3) is 0 Å². The molecule has 17 nitrogen and oxygen atoms in total. The van der Waals surface area contributed by atoms with Crippen molar-refractivity contribution in [1.29, 1.82) is 15.8 Å². The number of hydrogen-bond donors (Lipinski definition) is 1. The summed E-state index contributed by atoms with van der Waals surface area (Å²) in [6.45, 7) is 57.2. The molecule has 12 rings (SSSR count). The van der Waals surface area contributed by atoms with E-state index in [1.54, 1.807) is 38.4 Å². The number of aromatic nitrogens is 3. The smallest absolute Gasteiger partial charge is 0.214 e. The molecular formula is C86H151N13O4S3. The first-order chi connectivity index (χ1) is 50.1. The van der Waals surface area contributed by atoms with Crippen LogP contribution in [0.2, 0.25) is 0 Å². The van der Waals surface area contributed by atoms with Crippen LogP contribution in [0, 0.1) is 103 Å². The molecule has 4 bridgehead atoms. The highest BCUT2D eigenvalue weighted by molar-refractivity contribution is 7.89. The Hall–Kier alpha value is -4.30. The molecule has 602 valence electrons. The first kappa shape index (κ1) is 94.1. The minimum Gasteiger partial charge on any atom is -0.357 e. The number of rotatable bonds is 12. The van der Waals surface area contributed by atoms with Gasteiger partial charge in [0.05, 0.1) is 40.8 Å². The lowest BCUT2D eigenvalue weighted by Gasteiger charge is -2.39. The minimum atomic E-state index is -2.98. The fourth-order valence-corrected chi connectivity index (χ4v) is 21.0. The molecule has 1 N–H and O–H groups in total. The largest absolute Gasteiger partial charge is 0.357 e. The fourth-order valence-electron chi connectivity index (χ4n) is 17.3. The molecular weight excluding hydrogens is 1380 g/mol. The molecule has 12 heterocycles. The fraction of sp³-hybridized carbons (Fsp3) is 0.814. The molecule has 0 spiro atoms. The average molecular weight is 1530 g/mol. The highest BCUT2D eigenvalue weighted by Gasteiger charge is 2.46. The summed E-state index contributed by atoms with van der Waals surface area (Å²) < 4.78 is 50.5. The number of piperidine rings is 7. The topological polar surface area (TPSA) is 210 Å². The summed E-state index contributed by atoms with van der Waals surface area (Å²) in [5.41, 5.74) is 4.36. The van der Waals surface area contributed by atoms with Crippen molar-refractivity contribution in [1.82, 2.24) is 38.7 Å². The van der Waals surface area contributed by atoms with Gasteiger partial charge in [-0.25, -0.2) is 31.1 Å². The number of sulfonamides is 2. The standard InChI is InChI=1S/2C15H21N3.C12H20N2S.C12H25NO2S.C11H18N2.C11H21NO2S.C6H13N.2C2H6/c1-15(2,3)13-5-8-18(9-6-13)14-10-12(11-16)4-7-17-14;1-15(2,3)13-6-8-18(9-7-13)14-5-4-12(10-16)11-17-14;1-10(2)11-3-5-14(6-4-11)8-12-7-13-9-15-12;1-5-10-16(14,15)13-8-6-11(7-9-13)12(2,3)4;1-9-7-10-3-4-11(8-9)13(10)6-2-5-12;1-8(2)9-6-10-4-5-11(7-9)12(10)15(3,13)14;1-6-3-2-4-7-5-6;2*1-2/h4,7,10,13H,5-6,8-9H2,1-3H3;4-5,11,13H,6-9H2,1-3H3;7,9-11H,3-6,8H2,1-2H3;11H,5-10H2,1-4H3;9-11H,2-4,6-8H2,1H3;8-11H,4-7H2,1-3H3;6-7H,2-5H2,1H3;2*1-2H3/t;;;;2*9?,10-,11+;6-;;/m......0../s1. The van der Waals surface area contributed by atoms with Gasteiger partial charge in [-0.2, -0.15) is 20.1 Å². The van der Waals surface area contributed by atoms with Crippen molar-refractivity contribution in [2.75, 3.05) is 93.8 Å². The zero-order chi connectivity index (χ0) is 79.0. The third-order valence-corrected chi connectivity index (χ3v) is 28.2. The summed E-state index contributed by atoms with van der Waals surface area (Å²) in [7, 11) is -5.95. The summed E-state index contributed by atoms with van der Waals surface area (Å²) in [6.07, 6.45) is 30.3. The van der Waals surface area contributed by atoms with Gasteiger partial charge < -0.3 is 15.1 Å². The third-order valence-electron chi connectivity index (χ3n) is 24.0. The van der Waals surface area contributed by atoms with Gasteiger partial charge in [0.1, 0.15) is 17.7 Å². The summed E-state index contributed by atoms with van der Waals surface area (Å²) in [6, 6.07) is 16.2. The third kappa shape index (κ3) is 31.8. The molecule has 0 aliphatic carbocycles. The molecule has 3 aromatic rings. The van der Waals surface area contributed by atoms with E-state index in [1.807, 2.05) is 64.5 Å². The Morgan fingerprint density at radius 3 is 1.48 bits per heavy atom. The predicted octanol–water partition coefficient (Wildman–Crippen LogP) is 19.0. The maximum absolute atomic E-state index is 11.9. The number of likely N-dealkylation sites (tertiary alicyclic amines) is 1. The maximum atomic E-state index is 11.9. The molecule has 9 saturated heterocycles. The van der Waals surface area contributed by atoms with E-state index in [2.05, 4.69) is 162 Å². The highest BCUT2D eigenvalue weighted by Crippen LogP contribution is 2.44. The number of anilines is 2. The molecule has 0 amide bonds. The monoisotopic (exact) mass is 1530 g/mol. The molecule has 0 saturated carbocycles. The van der Waals surface area contributed by atoms with Crippen LogP contribution in [-0.2, 0) is 26.6 Å². The van der Waals surface area contributed by atoms with Crippen LogP contribution in [-0.4, -0.2) is 158 Å². The molecule has 0 radical (unpaired) electrons. The van der Waals surface area contributed by atoms with Crippen molar-refractivity contribution >= 4 is 43.0 Å². The molecule has 2 unspecified atom stereocenters. The van der Waals surface area contributed by atoms with Crippen LogP contribution in [0.3, 0.4) is 0 Å². The van der Waals surface area contributed by atoms with Gasteiger partial charge in [0, 0.05) is 106 Å². The van der Waals surface area contributed by atoms with Gasteiger partial charge in [0.15, 0.2) is 0 Å². The molecule has 20 heteroatoms. The number of nitrogens with one attached hydrogen (secondary N) is 1. The van der Waals surface area contributed by atoms with Crippen LogP contribution in [0.15, 0.2) is 48.4 Å². The highest BCUT2D eigenvalue weighted by atomic mass is 32.2. The van der Waals surface area contributed by atoms with Gasteiger partial charge in [0.2, 0.25) is 20.0 Å². The van der Waals surface area contributed by atoms with Crippen LogP contribution < -0.4 is 15.1 Å². The van der Waals surface area contributed by atoms with E-state index in [0.29, 0.717) is 83.0 Å². The van der Waals surface area contributed by atoms with Crippen molar-refractivity contribution in [2.24, 2.45) is 69.5 Å². The van der Waals surface area contributed by atoms with Crippen molar-refractivity contribution in [3.05, 3.63) is 64.4 Å². The SMILES string of the molecule is CC.CC.CC(C)(C)C1CCN(c2cc(C#N)ccn2)CC1.CC(C)(C)C1CCN(c2ccc(C#N)cn2)CC1.CC(C)C1CCN(Cc2cncs2)CC1.CC(C)C1C[C@H]2CC[C@@H](C1)N2S(C)(=O)=O.CC1C[C@H]2CC[C@@H](C1)N2CCC#N.CCCS(=O)(=O)N1CCC(C(C)(C)C)CC1.C[C@H]1CCCNC1. The number of thiazole rings is 1. The van der Waals surface area contributed by atoms with Crippen molar-refractivity contribution in [2.45, 2.75) is 298 Å². The Morgan fingerprint density at radius 2 is 1.08 bits per heavy atom. The van der Waals surface area contributed by atoms with Crippen LogP contribution >= 0.6 is 11.3 Å². The number of nitriles is 3. The average Bonchev–Trinajstić information content (AvgIpc) is 1.59. The molecule has 9 aliphatic rings. The van der Waals surface area contributed by atoms with E-state index in [0.717, 1.165) is 143 Å². The van der Waals surface area contributed by atoms with Gasteiger partial charge in [-0.15, -0.1) is 11.3 Å². The Balaban J connectivity index is 0.000000262. The maximum Gasteiger partial charge on any atom is 0.214 e. The number of pyridine rings is 2. The van der Waals surface area contributed by atoms with Crippen LogP contribution in [0.4, 0.5) is 11.6 Å². The molecule has 9 fully saturated rings. The van der Waals surface area contributed by atoms with E-state index >= 15 is 0 Å². The van der Waals surface area contributed by atoms with Crippen LogP contribution in [0.5, 0.6) is 0 Å². The lowest BCUT2D eigenvalue weighted by Crippen LogP contribution is -2.46. The van der Waals surface area contributed by atoms with Crippen LogP contribution in [0.1, 0.15) is 283 Å². The van der Waals surface area contributed by atoms with E-state index in [-0.39, 0.29) is 0 Å². The number of fused-ring (bicyclic) bond motifs is 4. The minimum absolute atomic E-state index is 0.297. The predicted molar refractivity (Wildman–Crippen MR) is 447 cm³/mol. The van der Waals surface area contributed by atoms with E-state index in [1.165, 1.54) is 114 Å². The first-order valence-electron chi connectivity index (χ1n) is 41.7. The first-order valence-corrected chi connectivity index (χ1v) is 46.1. The lowest BCUT2D eigenvalue weighted by atomic mass is 9.75. The summed E-state index contributed by atoms with van der Waals surface area (Å²) >= 11 is 1.77. The van der Waals surface area contributed by atoms with Gasteiger partial charge in [-0.3, -0.25) is 14.8 Å². The van der Waals surface area contributed by atoms with E-state index in [9.17, 15) is 16.8 Å². The zero-order valence-electron chi connectivity index (χ0n) is 70.7. The Labute approximate surface area is 653 Å². The number of hydrogen-bond acceptors (Lipinski definition) is 16. The van der Waals surface area contributed by atoms with Crippen molar-refractivity contribution in [3.8, 4) is 18.2 Å². The lowest BCUT2D eigenvalue weighted by molar-refractivity contribution is 0.113. The Bertz CT molecular complexity index is 3210. The van der Waals surface area contributed by atoms with Gasteiger partial charge >= 0.3 is 0 Å². The molecule has 7 atom stereocenters. The second-order valence-electron chi connectivity index (χ2n) is 35.5. The van der Waals surface area contributed by atoms with E-state index < -0.39 is 20.0 Å². The zero-order valence-corrected chi connectivity index (χ0v) is 73.1. The second-order valence-corrected chi connectivity index (χ2v) is 40.4. The normalized spacial score (nSPS) is 24.4. The van der Waals surface area contributed by atoms with Gasteiger partial charge in [-0.05, 0) is 242 Å². The Kier molecular flexibility index (Phi) is 41.3. The van der Waals surface area contributed by atoms with Crippen molar-refractivity contribution in [3.63, 3.8) is 0 Å². The quantitative estimate of drug-likeness (QED) is 0.179. The summed E-state index contributed by atoms with van der Waals surface area (Å²) in [5.74, 6) is 9.54.